The van der Waals surface area contributed by atoms with Crippen molar-refractivity contribution in [3.05, 3.63) is 47.0 Å². The molecular weight excluding hydrogens is 497 g/mol. The topological polar surface area (TPSA) is 105 Å². The molecule has 0 atom stereocenters. The van der Waals surface area contributed by atoms with Crippen molar-refractivity contribution >= 4 is 35.8 Å². The summed E-state index contributed by atoms with van der Waals surface area (Å²) in [7, 11) is 5.25. The van der Waals surface area contributed by atoms with Crippen LogP contribution in [0.15, 0.2) is 29.3 Å². The van der Waals surface area contributed by atoms with E-state index in [0.717, 1.165) is 36.6 Å². The molecule has 30 heavy (non-hydrogen) atoms. The van der Waals surface area contributed by atoms with Crippen molar-refractivity contribution in [2.24, 2.45) is 12.0 Å². The van der Waals surface area contributed by atoms with E-state index in [9.17, 15) is 4.79 Å². The van der Waals surface area contributed by atoms with Crippen molar-refractivity contribution in [3.8, 4) is 0 Å². The molecule has 9 nitrogen and oxygen atoms in total. The molecule has 2 rings (SSSR count). The average molecular weight is 529 g/mol. The lowest BCUT2D eigenvalue weighted by atomic mass is 10.1. The van der Waals surface area contributed by atoms with Gasteiger partial charge in [0, 0.05) is 46.5 Å². The third-order valence-electron chi connectivity index (χ3n) is 4.50. The van der Waals surface area contributed by atoms with Gasteiger partial charge in [-0.05, 0) is 37.5 Å². The first kappa shape index (κ1) is 25.8. The number of aryl methyl sites for hydroxylation is 1. The van der Waals surface area contributed by atoms with Gasteiger partial charge in [0.25, 0.3) is 5.91 Å². The molecule has 0 saturated heterocycles. The molecule has 0 bridgehead atoms. The molecule has 0 radical (unpaired) electrons. The van der Waals surface area contributed by atoms with Crippen LogP contribution in [0.1, 0.15) is 34.0 Å². The van der Waals surface area contributed by atoms with E-state index < -0.39 is 0 Å². The number of aromatic nitrogens is 3. The zero-order chi connectivity index (χ0) is 21.1. The third-order valence-corrected chi connectivity index (χ3v) is 4.50. The van der Waals surface area contributed by atoms with Crippen LogP contribution in [0.2, 0.25) is 0 Å². The summed E-state index contributed by atoms with van der Waals surface area (Å²) in [6.07, 6.45) is 1.65. The second-order valence-electron chi connectivity index (χ2n) is 6.62. The van der Waals surface area contributed by atoms with Gasteiger partial charge < -0.3 is 25.3 Å². The van der Waals surface area contributed by atoms with Crippen molar-refractivity contribution < 1.29 is 9.53 Å². The van der Waals surface area contributed by atoms with E-state index in [2.05, 4.69) is 31.1 Å². The lowest BCUT2D eigenvalue weighted by Gasteiger charge is -2.13. The molecule has 0 aliphatic carbocycles. The van der Waals surface area contributed by atoms with E-state index in [1.807, 2.05) is 42.8 Å². The molecule has 0 unspecified atom stereocenters. The highest BCUT2D eigenvalue weighted by Crippen LogP contribution is 2.06. The molecule has 3 N–H and O–H groups in total. The fraction of sp³-hybridized carbons (Fsp3) is 0.500. The smallest absolute Gasteiger partial charge is 0.251 e. The third kappa shape index (κ3) is 8.27. The maximum absolute atomic E-state index is 11.8. The highest BCUT2D eigenvalue weighted by atomic mass is 127. The summed E-state index contributed by atoms with van der Waals surface area (Å²) < 4.78 is 7.02. The largest absolute Gasteiger partial charge is 0.385 e. The second kappa shape index (κ2) is 13.9. The number of benzene rings is 1. The molecule has 0 aliphatic heterocycles. The van der Waals surface area contributed by atoms with Crippen LogP contribution in [-0.2, 0) is 24.8 Å². The number of carbonyl (C=O) groups is 1. The van der Waals surface area contributed by atoms with Gasteiger partial charge in [0.2, 0.25) is 0 Å². The Balaban J connectivity index is 0.00000450. The van der Waals surface area contributed by atoms with Gasteiger partial charge in [0.05, 0.1) is 0 Å². The SMILES string of the molecule is CNC(=O)c1cccc(CCNC(=NCc2nnc(C)n2C)NCCCOC)c1.I. The van der Waals surface area contributed by atoms with Crippen LogP contribution in [0.4, 0.5) is 0 Å². The molecule has 1 aromatic carbocycles. The number of nitrogens with one attached hydrogen (secondary N) is 3. The molecule has 0 aliphatic rings. The fourth-order valence-electron chi connectivity index (χ4n) is 2.67. The van der Waals surface area contributed by atoms with Crippen molar-refractivity contribution in [3.63, 3.8) is 0 Å². The van der Waals surface area contributed by atoms with E-state index in [-0.39, 0.29) is 29.9 Å². The first-order chi connectivity index (χ1) is 14.0. The molecule has 0 saturated carbocycles. The summed E-state index contributed by atoms with van der Waals surface area (Å²) in [5, 5.41) is 17.5. The summed E-state index contributed by atoms with van der Waals surface area (Å²) >= 11 is 0. The minimum absolute atomic E-state index is 0. The molecule has 10 heteroatoms. The van der Waals surface area contributed by atoms with Crippen molar-refractivity contribution in [2.45, 2.75) is 26.3 Å². The minimum atomic E-state index is -0.0826. The first-order valence-corrected chi connectivity index (χ1v) is 9.72. The zero-order valence-corrected chi connectivity index (χ0v) is 20.4. The van der Waals surface area contributed by atoms with Crippen molar-refractivity contribution in [2.75, 3.05) is 33.9 Å². The predicted octanol–water partition coefficient (Wildman–Crippen LogP) is 1.42. The Kier molecular flexibility index (Phi) is 12.0. The number of hydrogen-bond donors (Lipinski definition) is 3. The van der Waals surface area contributed by atoms with Gasteiger partial charge in [-0.3, -0.25) is 4.79 Å². The number of guanidine groups is 1. The number of methoxy groups -OCH3 is 1. The predicted molar refractivity (Wildman–Crippen MR) is 128 cm³/mol. The average Bonchev–Trinajstić information content (AvgIpc) is 3.06. The molecule has 1 amide bonds. The Morgan fingerprint density at radius 3 is 2.67 bits per heavy atom. The van der Waals surface area contributed by atoms with Gasteiger partial charge >= 0.3 is 0 Å². The van der Waals surface area contributed by atoms with Crippen LogP contribution in [-0.4, -0.2) is 60.5 Å². The summed E-state index contributed by atoms with van der Waals surface area (Å²) in [5.41, 5.74) is 1.75. The molecule has 1 heterocycles. The maximum Gasteiger partial charge on any atom is 0.251 e. The van der Waals surface area contributed by atoms with Crippen LogP contribution in [0.5, 0.6) is 0 Å². The first-order valence-electron chi connectivity index (χ1n) is 9.72. The van der Waals surface area contributed by atoms with Gasteiger partial charge in [0.1, 0.15) is 12.4 Å². The van der Waals surface area contributed by atoms with E-state index in [1.54, 1.807) is 14.2 Å². The normalized spacial score (nSPS) is 11.0. The molecule has 1 aromatic heterocycles. The van der Waals surface area contributed by atoms with E-state index >= 15 is 0 Å². The summed E-state index contributed by atoms with van der Waals surface area (Å²) in [6, 6.07) is 7.63. The van der Waals surface area contributed by atoms with Gasteiger partial charge in [0.15, 0.2) is 11.8 Å². The fourth-order valence-corrected chi connectivity index (χ4v) is 2.67. The van der Waals surface area contributed by atoms with Gasteiger partial charge in [-0.15, -0.1) is 34.2 Å². The van der Waals surface area contributed by atoms with Gasteiger partial charge in [-0.1, -0.05) is 12.1 Å². The number of ether oxygens (including phenoxy) is 1. The Labute approximate surface area is 195 Å². The highest BCUT2D eigenvalue weighted by Gasteiger charge is 2.06. The number of amides is 1. The minimum Gasteiger partial charge on any atom is -0.385 e. The molecule has 166 valence electrons. The molecule has 0 spiro atoms. The second-order valence-corrected chi connectivity index (χ2v) is 6.62. The lowest BCUT2D eigenvalue weighted by Crippen LogP contribution is -2.39. The Morgan fingerprint density at radius 2 is 2.00 bits per heavy atom. The van der Waals surface area contributed by atoms with Crippen LogP contribution < -0.4 is 16.0 Å². The van der Waals surface area contributed by atoms with Crippen LogP contribution in [0.3, 0.4) is 0 Å². The van der Waals surface area contributed by atoms with Crippen LogP contribution in [0, 0.1) is 6.92 Å². The lowest BCUT2D eigenvalue weighted by molar-refractivity contribution is 0.0963. The van der Waals surface area contributed by atoms with Crippen molar-refractivity contribution in [1.82, 2.24) is 30.7 Å². The molecule has 2 aromatic rings. The Morgan fingerprint density at radius 1 is 1.23 bits per heavy atom. The summed E-state index contributed by atoms with van der Waals surface area (Å²) in [6.45, 7) is 4.47. The summed E-state index contributed by atoms with van der Waals surface area (Å²) in [5.74, 6) is 2.29. The number of nitrogens with zero attached hydrogens (tertiary/aromatic N) is 4. The number of rotatable bonds is 10. The van der Waals surface area contributed by atoms with E-state index in [4.69, 9.17) is 4.74 Å². The number of aliphatic imine (C=N–C) groups is 1. The number of hydrogen-bond acceptors (Lipinski definition) is 5. The van der Waals surface area contributed by atoms with Crippen molar-refractivity contribution in [1.29, 1.82) is 0 Å². The number of halogens is 1. The summed E-state index contributed by atoms with van der Waals surface area (Å²) in [4.78, 5) is 16.4. The van der Waals surface area contributed by atoms with E-state index in [0.29, 0.717) is 31.2 Å². The van der Waals surface area contributed by atoms with Crippen LogP contribution >= 0.6 is 24.0 Å². The maximum atomic E-state index is 11.8. The Hall–Kier alpha value is -2.21. The monoisotopic (exact) mass is 529 g/mol. The van der Waals surface area contributed by atoms with Crippen LogP contribution in [0.25, 0.3) is 0 Å². The number of carbonyl (C=O) groups excluding carboxylic acids is 1. The highest BCUT2D eigenvalue weighted by molar-refractivity contribution is 14.0. The zero-order valence-electron chi connectivity index (χ0n) is 18.1. The quantitative estimate of drug-likeness (QED) is 0.186. The van der Waals surface area contributed by atoms with Gasteiger partial charge in [-0.2, -0.15) is 0 Å². The standard InChI is InChI=1S/C20H31N7O2.HI/c1-15-25-26-18(27(15)3)14-24-20(22-10-6-12-29-4)23-11-9-16-7-5-8-17(13-16)19(28)21-2;/h5,7-8,13H,6,9-12,14H2,1-4H3,(H,21,28)(H2,22,23,24);1H. The van der Waals surface area contributed by atoms with E-state index in [1.165, 1.54) is 0 Å². The van der Waals surface area contributed by atoms with Gasteiger partial charge in [-0.25, -0.2) is 4.99 Å². The molecule has 0 fully saturated rings. The Bertz CT molecular complexity index is 823. The molecular formula is C20H32IN7O2.